The van der Waals surface area contributed by atoms with E-state index >= 15 is 0 Å². The van der Waals surface area contributed by atoms with Gasteiger partial charge in [0.05, 0.1) is 24.5 Å². The second-order valence-electron chi connectivity index (χ2n) is 8.39. The predicted octanol–water partition coefficient (Wildman–Crippen LogP) is 6.03. The summed E-state index contributed by atoms with van der Waals surface area (Å²) in [6.07, 6.45) is 14.3. The molecule has 2 rings (SSSR count). The van der Waals surface area contributed by atoms with E-state index in [9.17, 15) is 13.0 Å². The molecule has 170 valence electrons. The first kappa shape index (κ1) is 27.4. The third-order valence-corrected chi connectivity index (χ3v) is 7.02. The van der Waals surface area contributed by atoms with E-state index in [0.29, 0.717) is 0 Å². The molecule has 1 aromatic rings. The van der Waals surface area contributed by atoms with E-state index in [1.54, 1.807) is 12.1 Å². The van der Waals surface area contributed by atoms with Crippen molar-refractivity contribution in [3.05, 3.63) is 29.8 Å². The van der Waals surface area contributed by atoms with Crippen molar-refractivity contribution in [3.63, 3.8) is 0 Å². The summed E-state index contributed by atoms with van der Waals surface area (Å²) in [7, 11) is -4.27. The summed E-state index contributed by atoms with van der Waals surface area (Å²) in [5.74, 6) is 3.32. The molecule has 4 nitrogen and oxygen atoms in total. The fourth-order valence-corrected chi connectivity index (χ4v) is 4.59. The Kier molecular flexibility index (Phi) is 13.9. The molecule has 0 unspecified atom stereocenters. The van der Waals surface area contributed by atoms with E-state index in [1.807, 2.05) is 6.92 Å². The average Bonchev–Trinajstić information content (AvgIpc) is 3.18. The average molecular weight is 548 g/mol. The van der Waals surface area contributed by atoms with E-state index in [1.165, 1.54) is 100 Å². The summed E-state index contributed by atoms with van der Waals surface area (Å²) in [4.78, 5) is -0.178. The smallest absolute Gasteiger partial charge is 0.141 e. The van der Waals surface area contributed by atoms with Crippen LogP contribution in [0.1, 0.15) is 76.7 Å². The second-order valence-corrected chi connectivity index (χ2v) is 10.3. The molecule has 0 amide bonds. The number of benzene rings is 1. The lowest BCUT2D eigenvalue weighted by Gasteiger charge is -2.32. The Morgan fingerprint density at radius 1 is 0.967 bits per heavy atom. The molecular weight excluding hydrogens is 509 g/mol. The number of hydrogen-bond donors (Lipinski definition) is 0. The lowest BCUT2D eigenvalue weighted by Crippen LogP contribution is -2.46. The number of aryl methyl sites for hydroxylation is 1. The highest BCUT2D eigenvalue weighted by atomic mass is 127. The third kappa shape index (κ3) is 11.7. The maximum Gasteiger partial charge on any atom is 0.141 e. The number of quaternary nitrogens is 1. The summed E-state index contributed by atoms with van der Waals surface area (Å²) in [5.41, 5.74) is 0.928. The van der Waals surface area contributed by atoms with Crippen molar-refractivity contribution in [1.29, 1.82) is 0 Å². The molecule has 0 radical (unpaired) electrons. The quantitative estimate of drug-likeness (QED) is 0.112. The van der Waals surface area contributed by atoms with Gasteiger partial charge in [0.25, 0.3) is 0 Å². The maximum atomic E-state index is 10.4. The summed E-state index contributed by atoms with van der Waals surface area (Å²) in [5, 5.41) is 0. The lowest BCUT2D eigenvalue weighted by molar-refractivity contribution is -0.910. The van der Waals surface area contributed by atoms with Gasteiger partial charge in [-0.25, -0.2) is 8.42 Å². The molecule has 1 heterocycles. The molecule has 1 aliphatic rings. The topological polar surface area (TPSA) is 57.2 Å². The first-order chi connectivity index (χ1) is 14.3. The van der Waals surface area contributed by atoms with Crippen molar-refractivity contribution < 1.29 is 17.5 Å². The molecule has 1 aromatic carbocycles. The number of nitrogens with zero attached hydrogens (tertiary/aromatic N) is 1. The minimum Gasteiger partial charge on any atom is -0.744 e. The summed E-state index contributed by atoms with van der Waals surface area (Å²) >= 11 is 2.18. The molecule has 0 bridgehead atoms. The van der Waals surface area contributed by atoms with Crippen molar-refractivity contribution in [2.75, 3.05) is 26.2 Å². The fraction of sp³-hybridized carbons (Fsp3) is 0.667. The van der Waals surface area contributed by atoms with Crippen LogP contribution in [0.3, 0.4) is 0 Å². The van der Waals surface area contributed by atoms with Crippen LogP contribution in [-0.4, -0.2) is 43.6 Å². The molecule has 0 aromatic heterocycles. The van der Waals surface area contributed by atoms with Crippen molar-refractivity contribution in [3.8, 4) is 9.85 Å². The van der Waals surface area contributed by atoms with Gasteiger partial charge in [-0.05, 0) is 41.7 Å². The van der Waals surface area contributed by atoms with Gasteiger partial charge in [-0.1, -0.05) is 63.1 Å². The van der Waals surface area contributed by atoms with Gasteiger partial charge in [-0.15, -0.1) is 0 Å². The minimum absolute atomic E-state index is 0.178. The van der Waals surface area contributed by atoms with Crippen LogP contribution in [-0.2, 0) is 10.1 Å². The zero-order valence-electron chi connectivity index (χ0n) is 18.7. The Morgan fingerprint density at radius 3 is 2.00 bits per heavy atom. The SMILES string of the molecule is CCCCCCCCCC[N+]1(CC#CI)CCCC1.Cc1ccc(S(=O)(=O)[O-])cc1. The molecule has 0 atom stereocenters. The van der Waals surface area contributed by atoms with E-state index < -0.39 is 10.1 Å². The van der Waals surface area contributed by atoms with Gasteiger partial charge >= 0.3 is 0 Å². The first-order valence-electron chi connectivity index (χ1n) is 11.3. The maximum absolute atomic E-state index is 10.4. The molecule has 30 heavy (non-hydrogen) atoms. The van der Waals surface area contributed by atoms with Crippen molar-refractivity contribution >= 4 is 32.7 Å². The zero-order chi connectivity index (χ0) is 22.3. The number of hydrogen-bond acceptors (Lipinski definition) is 3. The van der Waals surface area contributed by atoms with Crippen molar-refractivity contribution in [2.45, 2.75) is 83.0 Å². The molecule has 0 saturated carbocycles. The van der Waals surface area contributed by atoms with Gasteiger partial charge in [0.15, 0.2) is 0 Å². The normalized spacial score (nSPS) is 15.1. The van der Waals surface area contributed by atoms with Crippen LogP contribution in [0.15, 0.2) is 29.2 Å². The number of unbranched alkanes of at least 4 members (excludes halogenated alkanes) is 7. The highest BCUT2D eigenvalue weighted by molar-refractivity contribution is 14.1. The van der Waals surface area contributed by atoms with E-state index in [4.69, 9.17) is 0 Å². The molecule has 1 aliphatic heterocycles. The van der Waals surface area contributed by atoms with E-state index in [0.717, 1.165) is 12.1 Å². The molecule has 1 fully saturated rings. The Labute approximate surface area is 198 Å². The molecule has 1 saturated heterocycles. The molecule has 0 N–H and O–H groups in total. The Balaban J connectivity index is 0.000000346. The van der Waals surface area contributed by atoms with Crippen LogP contribution < -0.4 is 0 Å². The predicted molar refractivity (Wildman–Crippen MR) is 133 cm³/mol. The number of halogens is 1. The Hall–Kier alpha value is -0.620. The largest absolute Gasteiger partial charge is 0.744 e. The summed E-state index contributed by atoms with van der Waals surface area (Å²) in [6, 6.07) is 5.78. The third-order valence-electron chi connectivity index (χ3n) is 5.79. The van der Waals surface area contributed by atoms with Crippen LogP contribution in [0.5, 0.6) is 0 Å². The number of likely N-dealkylation sites (tertiary alicyclic amines) is 1. The van der Waals surface area contributed by atoms with Crippen molar-refractivity contribution in [1.82, 2.24) is 0 Å². The second kappa shape index (κ2) is 15.2. The Bertz CT molecular complexity index is 745. The van der Waals surface area contributed by atoms with E-state index in [2.05, 4.69) is 39.4 Å². The van der Waals surface area contributed by atoms with Gasteiger partial charge in [-0.3, -0.25) is 0 Å². The van der Waals surface area contributed by atoms with Crippen LogP contribution >= 0.6 is 22.6 Å². The minimum atomic E-state index is -4.27. The monoisotopic (exact) mass is 547 g/mol. The van der Waals surface area contributed by atoms with Crippen molar-refractivity contribution in [2.24, 2.45) is 0 Å². The van der Waals surface area contributed by atoms with Gasteiger partial charge in [0.1, 0.15) is 16.7 Å². The van der Waals surface area contributed by atoms with Gasteiger partial charge < -0.3 is 9.04 Å². The Morgan fingerprint density at radius 2 is 1.50 bits per heavy atom. The number of rotatable bonds is 11. The highest BCUT2D eigenvalue weighted by Crippen LogP contribution is 2.21. The van der Waals surface area contributed by atoms with Crippen LogP contribution in [0.2, 0.25) is 0 Å². The van der Waals surface area contributed by atoms with Gasteiger partial charge in [0.2, 0.25) is 0 Å². The van der Waals surface area contributed by atoms with Gasteiger partial charge in [0, 0.05) is 35.4 Å². The molecule has 0 spiro atoms. The highest BCUT2D eigenvalue weighted by Gasteiger charge is 2.30. The summed E-state index contributed by atoms with van der Waals surface area (Å²) in [6.45, 7) is 9.34. The van der Waals surface area contributed by atoms with Gasteiger partial charge in [-0.2, -0.15) is 0 Å². The first-order valence-corrected chi connectivity index (χ1v) is 13.8. The molecular formula is C24H38INO3S. The van der Waals surface area contributed by atoms with Crippen LogP contribution in [0.25, 0.3) is 0 Å². The zero-order valence-corrected chi connectivity index (χ0v) is 21.6. The van der Waals surface area contributed by atoms with Crippen LogP contribution in [0, 0.1) is 16.8 Å². The molecule has 0 aliphatic carbocycles. The lowest BCUT2D eigenvalue weighted by atomic mass is 10.1. The van der Waals surface area contributed by atoms with E-state index in [-0.39, 0.29) is 4.90 Å². The fourth-order valence-electron chi connectivity index (χ4n) is 3.95. The van der Waals surface area contributed by atoms with Crippen LogP contribution in [0.4, 0.5) is 0 Å². The standard InChI is InChI=1S/C17H31IN.C7H8O3S/c1-2-3-4-5-6-7-8-9-14-19(17-12-13-18)15-10-11-16-19;1-6-2-4-7(5-3-6)11(8,9)10/h2-11,14-17H2,1H3;2-5H,1H3,(H,8,9,10)/q+1;/p-1. The molecule has 6 heteroatoms. The summed E-state index contributed by atoms with van der Waals surface area (Å²) < 4.78 is 35.5.